The molecule has 0 heterocycles. The van der Waals surface area contributed by atoms with Gasteiger partial charge in [0.25, 0.3) is 0 Å². The first kappa shape index (κ1) is 11.7. The highest BCUT2D eigenvalue weighted by Crippen LogP contribution is 2.33. The number of hydrogen-bond acceptors (Lipinski definition) is 4. The van der Waals surface area contributed by atoms with Crippen molar-refractivity contribution < 1.29 is 19.7 Å². The number of phenolic OH excluding ortho intramolecular Hbond substituents is 1. The molecule has 0 atom stereocenters. The molecule has 2 N–H and O–H groups in total. The van der Waals surface area contributed by atoms with E-state index < -0.39 is 0 Å². The minimum Gasteiger partial charge on any atom is -0.507 e. The molecule has 1 aromatic carbocycles. The molecule has 0 saturated carbocycles. The Morgan fingerprint density at radius 1 is 1.20 bits per heavy atom. The van der Waals surface area contributed by atoms with E-state index in [-0.39, 0.29) is 12.4 Å². The van der Waals surface area contributed by atoms with Crippen molar-refractivity contribution in [2.24, 2.45) is 0 Å². The minimum absolute atomic E-state index is 0.0919. The third-order valence-corrected chi connectivity index (χ3v) is 2.20. The van der Waals surface area contributed by atoms with Gasteiger partial charge in [0.15, 0.2) is 0 Å². The molecule has 0 aromatic heterocycles. The fraction of sp³-hybridized carbons (Fsp3) is 0.455. The van der Waals surface area contributed by atoms with E-state index in [2.05, 4.69) is 0 Å². The van der Waals surface area contributed by atoms with E-state index in [9.17, 15) is 5.11 Å². The van der Waals surface area contributed by atoms with Crippen LogP contribution in [0.3, 0.4) is 0 Å². The lowest BCUT2D eigenvalue weighted by Gasteiger charge is -2.11. The molecular weight excluding hydrogens is 196 g/mol. The Bertz CT molecular complexity index is 323. The molecule has 4 heteroatoms. The predicted molar refractivity (Wildman–Crippen MR) is 56.6 cm³/mol. The lowest BCUT2D eigenvalue weighted by Crippen LogP contribution is -1.96. The van der Waals surface area contributed by atoms with Gasteiger partial charge in [-0.25, -0.2) is 0 Å². The van der Waals surface area contributed by atoms with Crippen LogP contribution in [0.5, 0.6) is 17.2 Å². The molecule has 0 bridgehead atoms. The monoisotopic (exact) mass is 212 g/mol. The first-order valence-electron chi connectivity index (χ1n) is 4.77. The lowest BCUT2D eigenvalue weighted by molar-refractivity contribution is 0.286. The highest BCUT2D eigenvalue weighted by molar-refractivity contribution is 5.49. The Balaban J connectivity index is 3.01. The van der Waals surface area contributed by atoms with Crippen LogP contribution in [0.15, 0.2) is 12.1 Å². The molecule has 0 spiro atoms. The van der Waals surface area contributed by atoms with Gasteiger partial charge in [-0.3, -0.25) is 0 Å². The van der Waals surface area contributed by atoms with Crippen LogP contribution in [0, 0.1) is 0 Å². The van der Waals surface area contributed by atoms with Crippen molar-refractivity contribution in [2.45, 2.75) is 12.8 Å². The van der Waals surface area contributed by atoms with Crippen LogP contribution < -0.4 is 9.47 Å². The number of aliphatic hydroxyl groups is 1. The second-order valence-corrected chi connectivity index (χ2v) is 3.15. The van der Waals surface area contributed by atoms with Gasteiger partial charge in [-0.15, -0.1) is 0 Å². The zero-order valence-electron chi connectivity index (χ0n) is 8.99. The van der Waals surface area contributed by atoms with Crippen LogP contribution >= 0.6 is 0 Å². The van der Waals surface area contributed by atoms with Crippen LogP contribution in [0.1, 0.15) is 12.0 Å². The maximum atomic E-state index is 9.72. The van der Waals surface area contributed by atoms with Crippen molar-refractivity contribution in [3.8, 4) is 17.2 Å². The van der Waals surface area contributed by atoms with Crippen LogP contribution in [0.2, 0.25) is 0 Å². The second-order valence-electron chi connectivity index (χ2n) is 3.15. The van der Waals surface area contributed by atoms with Gasteiger partial charge >= 0.3 is 0 Å². The van der Waals surface area contributed by atoms with E-state index in [0.717, 1.165) is 0 Å². The van der Waals surface area contributed by atoms with Crippen molar-refractivity contribution in [3.05, 3.63) is 17.7 Å². The van der Waals surface area contributed by atoms with Gasteiger partial charge in [0.1, 0.15) is 17.2 Å². The standard InChI is InChI=1S/C11H16O4/c1-14-8-6-10(13)9(4-3-5-12)11(7-8)15-2/h6-7,12-13H,3-5H2,1-2H3. The van der Waals surface area contributed by atoms with Gasteiger partial charge < -0.3 is 19.7 Å². The van der Waals surface area contributed by atoms with Crippen molar-refractivity contribution in [1.82, 2.24) is 0 Å². The molecular formula is C11H16O4. The average molecular weight is 212 g/mol. The molecule has 0 amide bonds. The summed E-state index contributed by atoms with van der Waals surface area (Å²) < 4.78 is 10.2. The van der Waals surface area contributed by atoms with Crippen LogP contribution in [0.25, 0.3) is 0 Å². The maximum Gasteiger partial charge on any atom is 0.129 e. The largest absolute Gasteiger partial charge is 0.507 e. The molecule has 84 valence electrons. The average Bonchev–Trinajstić information content (AvgIpc) is 2.26. The van der Waals surface area contributed by atoms with Crippen molar-refractivity contribution in [1.29, 1.82) is 0 Å². The number of methoxy groups -OCH3 is 2. The topological polar surface area (TPSA) is 58.9 Å². The van der Waals surface area contributed by atoms with Crippen molar-refractivity contribution >= 4 is 0 Å². The Kier molecular flexibility index (Phi) is 4.24. The molecule has 0 aliphatic rings. The Labute approximate surface area is 89.1 Å². The summed E-state index contributed by atoms with van der Waals surface area (Å²) >= 11 is 0. The first-order valence-corrected chi connectivity index (χ1v) is 4.77. The number of hydrogen-bond donors (Lipinski definition) is 2. The quantitative estimate of drug-likeness (QED) is 0.773. The highest BCUT2D eigenvalue weighted by Gasteiger charge is 2.10. The Morgan fingerprint density at radius 2 is 1.93 bits per heavy atom. The summed E-state index contributed by atoms with van der Waals surface area (Å²) in [5.41, 5.74) is 0.701. The van der Waals surface area contributed by atoms with Crippen molar-refractivity contribution in [3.63, 3.8) is 0 Å². The van der Waals surface area contributed by atoms with Crippen molar-refractivity contribution in [2.75, 3.05) is 20.8 Å². The van der Waals surface area contributed by atoms with Gasteiger partial charge in [0, 0.05) is 24.3 Å². The minimum atomic E-state index is 0.0919. The van der Waals surface area contributed by atoms with Gasteiger partial charge in [-0.05, 0) is 12.8 Å². The number of phenols is 1. The number of benzene rings is 1. The smallest absolute Gasteiger partial charge is 0.129 e. The normalized spacial score (nSPS) is 10.1. The Morgan fingerprint density at radius 3 is 2.47 bits per heavy atom. The van der Waals surface area contributed by atoms with Gasteiger partial charge in [0.05, 0.1) is 14.2 Å². The molecule has 0 aliphatic heterocycles. The number of aromatic hydroxyl groups is 1. The molecule has 1 rings (SSSR count). The van der Waals surface area contributed by atoms with E-state index in [1.54, 1.807) is 6.07 Å². The zero-order chi connectivity index (χ0) is 11.3. The summed E-state index contributed by atoms with van der Waals surface area (Å²) in [7, 11) is 3.07. The van der Waals surface area contributed by atoms with Crippen LogP contribution in [-0.2, 0) is 6.42 Å². The van der Waals surface area contributed by atoms with E-state index in [1.165, 1.54) is 20.3 Å². The SMILES string of the molecule is COc1cc(O)c(CCCO)c(OC)c1. The number of ether oxygens (including phenoxy) is 2. The fourth-order valence-electron chi connectivity index (χ4n) is 1.41. The summed E-state index contributed by atoms with van der Waals surface area (Å²) in [5, 5.41) is 18.5. The van der Waals surface area contributed by atoms with Gasteiger partial charge in [0.2, 0.25) is 0 Å². The predicted octanol–water partition coefficient (Wildman–Crippen LogP) is 1.33. The fourth-order valence-corrected chi connectivity index (χ4v) is 1.41. The molecule has 0 aliphatic carbocycles. The molecule has 0 saturated heterocycles. The number of rotatable bonds is 5. The molecule has 15 heavy (non-hydrogen) atoms. The maximum absolute atomic E-state index is 9.72. The molecule has 4 nitrogen and oxygen atoms in total. The van der Waals surface area contributed by atoms with Gasteiger partial charge in [-0.1, -0.05) is 0 Å². The van der Waals surface area contributed by atoms with Crippen LogP contribution in [-0.4, -0.2) is 31.0 Å². The van der Waals surface area contributed by atoms with E-state index in [0.29, 0.717) is 29.9 Å². The molecule has 0 unspecified atom stereocenters. The summed E-state index contributed by atoms with van der Waals surface area (Å²) in [6.45, 7) is 0.0919. The summed E-state index contributed by atoms with van der Waals surface area (Å²) in [6.07, 6.45) is 1.17. The second kappa shape index (κ2) is 5.46. The molecule has 1 aromatic rings. The van der Waals surface area contributed by atoms with E-state index in [1.807, 2.05) is 0 Å². The zero-order valence-corrected chi connectivity index (χ0v) is 8.99. The molecule has 0 radical (unpaired) electrons. The first-order chi connectivity index (χ1) is 7.22. The van der Waals surface area contributed by atoms with E-state index >= 15 is 0 Å². The molecule has 0 fully saturated rings. The summed E-state index contributed by atoms with van der Waals surface area (Å²) in [5.74, 6) is 1.28. The summed E-state index contributed by atoms with van der Waals surface area (Å²) in [6, 6.07) is 3.25. The summed E-state index contributed by atoms with van der Waals surface area (Å²) in [4.78, 5) is 0. The Hall–Kier alpha value is -1.42. The van der Waals surface area contributed by atoms with E-state index in [4.69, 9.17) is 14.6 Å². The number of aliphatic hydroxyl groups excluding tert-OH is 1. The van der Waals surface area contributed by atoms with Gasteiger partial charge in [-0.2, -0.15) is 0 Å². The van der Waals surface area contributed by atoms with Crippen LogP contribution in [0.4, 0.5) is 0 Å². The highest BCUT2D eigenvalue weighted by atomic mass is 16.5. The third kappa shape index (κ3) is 2.76. The lowest BCUT2D eigenvalue weighted by atomic mass is 10.1. The third-order valence-electron chi connectivity index (χ3n) is 2.20.